The van der Waals surface area contributed by atoms with Gasteiger partial charge in [0, 0.05) is 17.1 Å². The predicted octanol–water partition coefficient (Wildman–Crippen LogP) is 1.01. The van der Waals surface area contributed by atoms with Crippen LogP contribution < -0.4 is 4.72 Å². The van der Waals surface area contributed by atoms with Gasteiger partial charge in [-0.15, -0.1) is 0 Å². The topological polar surface area (TPSA) is 75.6 Å². The number of ether oxygens (including phenoxy) is 1. The summed E-state index contributed by atoms with van der Waals surface area (Å²) in [6, 6.07) is 1.35. The molecule has 1 aromatic carbocycles. The van der Waals surface area contributed by atoms with Gasteiger partial charge in [0.2, 0.25) is 10.0 Å². The fourth-order valence-electron chi connectivity index (χ4n) is 1.27. The molecule has 0 atom stereocenters. The number of benzene rings is 1. The van der Waals surface area contributed by atoms with E-state index < -0.39 is 26.6 Å². The summed E-state index contributed by atoms with van der Waals surface area (Å²) in [5.41, 5.74) is 0. The van der Waals surface area contributed by atoms with E-state index in [1.807, 2.05) is 0 Å². The Labute approximate surface area is 117 Å². The van der Waals surface area contributed by atoms with E-state index in [2.05, 4.69) is 20.7 Å². The van der Waals surface area contributed by atoms with Crippen LogP contribution in [0.25, 0.3) is 0 Å². The zero-order valence-electron chi connectivity index (χ0n) is 9.70. The van der Waals surface area contributed by atoms with Crippen molar-refractivity contribution in [3.63, 3.8) is 0 Å². The molecule has 0 radical (unpaired) electrons. The van der Waals surface area contributed by atoms with E-state index in [1.54, 1.807) is 0 Å². The molecule has 108 valence electrons. The van der Waals surface area contributed by atoms with Crippen molar-refractivity contribution in [1.29, 1.82) is 0 Å². The van der Waals surface area contributed by atoms with Crippen molar-refractivity contribution in [2.24, 2.45) is 0 Å². The smallest absolute Gasteiger partial charge is 0.244 e. The van der Waals surface area contributed by atoms with Crippen LogP contribution in [0.1, 0.15) is 0 Å². The largest absolute Gasteiger partial charge is 0.394 e. The van der Waals surface area contributed by atoms with E-state index in [9.17, 15) is 17.2 Å². The van der Waals surface area contributed by atoms with Crippen LogP contribution in [-0.2, 0) is 14.8 Å². The highest BCUT2D eigenvalue weighted by Gasteiger charge is 2.23. The summed E-state index contributed by atoms with van der Waals surface area (Å²) in [7, 11) is -4.11. The first-order chi connectivity index (χ1) is 8.88. The second-order valence-electron chi connectivity index (χ2n) is 3.43. The van der Waals surface area contributed by atoms with Gasteiger partial charge in [0.25, 0.3) is 0 Å². The van der Waals surface area contributed by atoms with E-state index in [4.69, 9.17) is 9.84 Å². The average Bonchev–Trinajstić information content (AvgIpc) is 2.26. The van der Waals surface area contributed by atoms with E-state index in [0.29, 0.717) is 6.07 Å². The minimum absolute atomic E-state index is 0.0280. The van der Waals surface area contributed by atoms with Crippen LogP contribution >= 0.6 is 15.9 Å². The fourth-order valence-corrected chi connectivity index (χ4v) is 3.45. The third kappa shape index (κ3) is 4.77. The van der Waals surface area contributed by atoms with E-state index in [1.165, 1.54) is 0 Å². The minimum Gasteiger partial charge on any atom is -0.394 e. The Morgan fingerprint density at radius 1 is 1.32 bits per heavy atom. The van der Waals surface area contributed by atoms with Crippen LogP contribution in [0.2, 0.25) is 0 Å². The molecule has 0 saturated carbocycles. The number of rotatable bonds is 7. The van der Waals surface area contributed by atoms with Crippen molar-refractivity contribution >= 4 is 26.0 Å². The molecule has 1 aromatic rings. The highest BCUT2D eigenvalue weighted by Crippen LogP contribution is 2.25. The van der Waals surface area contributed by atoms with Crippen LogP contribution in [0.5, 0.6) is 0 Å². The van der Waals surface area contributed by atoms with Crippen molar-refractivity contribution in [2.45, 2.75) is 4.90 Å². The first-order valence-corrected chi connectivity index (χ1v) is 7.49. The lowest BCUT2D eigenvalue weighted by Crippen LogP contribution is -2.28. The molecule has 0 unspecified atom stereocenters. The summed E-state index contributed by atoms with van der Waals surface area (Å²) in [6.45, 7) is -0.160. The van der Waals surface area contributed by atoms with Crippen LogP contribution in [0.4, 0.5) is 8.78 Å². The van der Waals surface area contributed by atoms with Crippen LogP contribution in [0.3, 0.4) is 0 Å². The fraction of sp³-hybridized carbons (Fsp3) is 0.400. The van der Waals surface area contributed by atoms with Gasteiger partial charge >= 0.3 is 0 Å². The van der Waals surface area contributed by atoms with Crippen molar-refractivity contribution < 1.29 is 27.0 Å². The molecule has 0 spiro atoms. The average molecular weight is 360 g/mol. The summed E-state index contributed by atoms with van der Waals surface area (Å²) in [6.07, 6.45) is 0. The Bertz CT molecular complexity index is 515. The van der Waals surface area contributed by atoms with Gasteiger partial charge in [-0.2, -0.15) is 0 Å². The quantitative estimate of drug-likeness (QED) is 0.712. The van der Waals surface area contributed by atoms with E-state index in [0.717, 1.165) is 6.07 Å². The molecule has 0 amide bonds. The minimum atomic E-state index is -4.11. The molecule has 0 saturated heterocycles. The molecule has 2 N–H and O–H groups in total. The normalized spacial score (nSPS) is 11.8. The van der Waals surface area contributed by atoms with Crippen LogP contribution in [0, 0.1) is 11.6 Å². The van der Waals surface area contributed by atoms with Gasteiger partial charge < -0.3 is 9.84 Å². The van der Waals surface area contributed by atoms with Crippen molar-refractivity contribution in [3.05, 3.63) is 28.2 Å². The molecule has 0 fully saturated rings. The first kappa shape index (κ1) is 16.4. The molecule has 0 heterocycles. The molecule has 1 rings (SSSR count). The highest BCUT2D eigenvalue weighted by molar-refractivity contribution is 9.10. The number of hydrogen-bond acceptors (Lipinski definition) is 4. The van der Waals surface area contributed by atoms with Gasteiger partial charge in [0.05, 0.1) is 19.8 Å². The molecule has 9 heteroatoms. The van der Waals surface area contributed by atoms with Gasteiger partial charge in [-0.25, -0.2) is 21.9 Å². The molecule has 5 nitrogen and oxygen atoms in total. The Morgan fingerprint density at radius 2 is 2.00 bits per heavy atom. The summed E-state index contributed by atoms with van der Waals surface area (Å²) in [4.78, 5) is -0.656. The molecular formula is C10H12BrF2NO4S. The zero-order chi connectivity index (χ0) is 14.5. The standard InChI is InChI=1S/C10H12BrF2NO4S/c11-8-5-7(12)6-9(13)10(8)19(16,17)14-1-3-18-4-2-15/h5-6,14-15H,1-4H2. The molecule has 0 bridgehead atoms. The molecule has 0 aliphatic rings. The molecule has 0 aliphatic heterocycles. The summed E-state index contributed by atoms with van der Waals surface area (Å²) >= 11 is 2.80. The third-order valence-electron chi connectivity index (χ3n) is 2.01. The van der Waals surface area contributed by atoms with Gasteiger partial charge in [-0.05, 0) is 22.0 Å². The second kappa shape index (κ2) is 7.25. The lowest BCUT2D eigenvalue weighted by Gasteiger charge is -2.09. The number of halogens is 3. The Morgan fingerprint density at radius 3 is 2.58 bits per heavy atom. The van der Waals surface area contributed by atoms with E-state index >= 15 is 0 Å². The summed E-state index contributed by atoms with van der Waals surface area (Å²) < 4.78 is 56.7. The number of aliphatic hydroxyl groups is 1. The zero-order valence-corrected chi connectivity index (χ0v) is 12.1. The van der Waals surface area contributed by atoms with Crippen molar-refractivity contribution in [1.82, 2.24) is 4.72 Å². The summed E-state index contributed by atoms with van der Waals surface area (Å²) in [5.74, 6) is -2.06. The Balaban J connectivity index is 2.78. The monoisotopic (exact) mass is 359 g/mol. The Kier molecular flexibility index (Phi) is 6.27. The number of aliphatic hydroxyl groups excluding tert-OH is 1. The molecule has 0 aliphatic carbocycles. The van der Waals surface area contributed by atoms with Crippen LogP contribution in [0.15, 0.2) is 21.5 Å². The van der Waals surface area contributed by atoms with E-state index in [-0.39, 0.29) is 30.8 Å². The molecule has 0 aromatic heterocycles. The van der Waals surface area contributed by atoms with Crippen molar-refractivity contribution in [3.8, 4) is 0 Å². The number of hydrogen-bond donors (Lipinski definition) is 2. The first-order valence-electron chi connectivity index (χ1n) is 5.21. The summed E-state index contributed by atoms with van der Waals surface area (Å²) in [5, 5.41) is 8.45. The van der Waals surface area contributed by atoms with Gasteiger partial charge in [-0.1, -0.05) is 0 Å². The van der Waals surface area contributed by atoms with Crippen molar-refractivity contribution in [2.75, 3.05) is 26.4 Å². The van der Waals surface area contributed by atoms with Gasteiger partial charge in [0.15, 0.2) is 0 Å². The van der Waals surface area contributed by atoms with Gasteiger partial charge in [-0.3, -0.25) is 0 Å². The molecule has 19 heavy (non-hydrogen) atoms. The Hall–Kier alpha value is -0.610. The van der Waals surface area contributed by atoms with Crippen LogP contribution in [-0.4, -0.2) is 39.9 Å². The molecular weight excluding hydrogens is 348 g/mol. The van der Waals surface area contributed by atoms with Gasteiger partial charge in [0.1, 0.15) is 16.5 Å². The lowest BCUT2D eigenvalue weighted by atomic mass is 10.3. The third-order valence-corrected chi connectivity index (χ3v) is 4.43. The number of sulfonamides is 1. The lowest BCUT2D eigenvalue weighted by molar-refractivity contribution is 0.0961. The maximum atomic E-state index is 13.5. The maximum Gasteiger partial charge on any atom is 0.244 e. The predicted molar refractivity (Wildman–Crippen MR) is 67.2 cm³/mol. The SMILES string of the molecule is O=S(=O)(NCCOCCO)c1c(F)cc(F)cc1Br. The maximum absolute atomic E-state index is 13.5. The second-order valence-corrected chi connectivity index (χ2v) is 5.99. The number of nitrogens with one attached hydrogen (secondary N) is 1. The highest BCUT2D eigenvalue weighted by atomic mass is 79.9.